The molecule has 0 spiro atoms. The predicted octanol–water partition coefficient (Wildman–Crippen LogP) is 4.23. The van der Waals surface area contributed by atoms with Crippen molar-refractivity contribution < 1.29 is 48.0 Å². The Balaban J connectivity index is 1.69. The molecular formula is C35H50ClN3O10S. The number of esters is 1. The number of amides is 3. The number of thiol groups is 1. The quantitative estimate of drug-likeness (QED) is 0.0862. The molecule has 0 bridgehead atoms. The van der Waals surface area contributed by atoms with Crippen LogP contribution in [0, 0.1) is 0 Å². The number of anilines is 1. The highest BCUT2D eigenvalue weighted by Gasteiger charge is 2.46. The van der Waals surface area contributed by atoms with Crippen molar-refractivity contribution in [3.8, 4) is 5.75 Å². The van der Waals surface area contributed by atoms with Crippen LogP contribution < -0.4 is 15.0 Å². The zero-order valence-electron chi connectivity index (χ0n) is 29.8. The van der Waals surface area contributed by atoms with E-state index in [1.54, 1.807) is 38.3 Å². The number of epoxide rings is 1. The zero-order valence-corrected chi connectivity index (χ0v) is 31.4. The van der Waals surface area contributed by atoms with E-state index in [1.807, 2.05) is 19.9 Å². The van der Waals surface area contributed by atoms with Gasteiger partial charge in [-0.25, -0.2) is 9.59 Å². The first-order valence-corrected chi connectivity index (χ1v) is 17.6. The standard InChI is InChI=1S/C35H50ClN3O10S/c1-8-24(48-33(42)22(3)38(4)30(40)12-13-50)18-31(41)39(5)27-15-23(16-28(45-6)32(27)36)14-21(2)10-9-11-29(46-7)35(44)19-25(17-26-20-47-26)49-34(43)37-35/h9-11,15-16,22,24-26,29,44,50H,8,12-14,17-20H2,1-7H3,(H,37,43)/b11-9+,21-10+/t22-,24-,25-,26+,29-,35+/m1/s1. The van der Waals surface area contributed by atoms with Crippen LogP contribution in [0.3, 0.4) is 0 Å². The van der Waals surface area contributed by atoms with E-state index < -0.39 is 42.1 Å². The number of methoxy groups -OCH3 is 2. The van der Waals surface area contributed by atoms with Crippen molar-refractivity contribution in [2.24, 2.45) is 0 Å². The monoisotopic (exact) mass is 739 g/mol. The van der Waals surface area contributed by atoms with Crippen LogP contribution in [0.2, 0.25) is 5.02 Å². The van der Waals surface area contributed by atoms with E-state index in [0.717, 1.165) is 11.1 Å². The molecule has 6 atom stereocenters. The first-order chi connectivity index (χ1) is 23.7. The molecule has 1 aromatic rings. The second kappa shape index (κ2) is 18.8. The van der Waals surface area contributed by atoms with Gasteiger partial charge in [-0.1, -0.05) is 42.3 Å². The number of rotatable bonds is 18. The summed E-state index contributed by atoms with van der Waals surface area (Å²) in [6, 6.07) is 2.76. The van der Waals surface area contributed by atoms with Gasteiger partial charge < -0.3 is 38.6 Å². The topological polar surface area (TPSA) is 156 Å². The fraction of sp³-hybridized carbons (Fsp3) is 0.600. The van der Waals surface area contributed by atoms with Crippen molar-refractivity contribution in [3.63, 3.8) is 0 Å². The molecule has 0 aliphatic carbocycles. The Morgan fingerprint density at radius 2 is 1.92 bits per heavy atom. The van der Waals surface area contributed by atoms with Crippen molar-refractivity contribution in [3.05, 3.63) is 46.5 Å². The number of halogens is 1. The number of likely N-dealkylation sites (N-methyl/N-ethyl adjacent to an activating group) is 1. The Kier molecular flexibility index (Phi) is 15.5. The van der Waals surface area contributed by atoms with Gasteiger partial charge in [0.15, 0.2) is 5.72 Å². The van der Waals surface area contributed by atoms with E-state index in [2.05, 4.69) is 17.9 Å². The summed E-state index contributed by atoms with van der Waals surface area (Å²) in [5.41, 5.74) is 0.501. The lowest BCUT2D eigenvalue weighted by Gasteiger charge is -2.40. The minimum absolute atomic E-state index is 0.0311. The van der Waals surface area contributed by atoms with Gasteiger partial charge in [-0.05, 0) is 50.1 Å². The summed E-state index contributed by atoms with van der Waals surface area (Å²) in [7, 11) is 6.05. The smallest absolute Gasteiger partial charge is 0.409 e. The average molecular weight is 740 g/mol. The number of cyclic esters (lactones) is 1. The van der Waals surface area contributed by atoms with Crippen molar-refractivity contribution in [2.45, 2.75) is 95.5 Å². The van der Waals surface area contributed by atoms with Crippen molar-refractivity contribution in [1.29, 1.82) is 0 Å². The molecule has 0 saturated carbocycles. The maximum atomic E-state index is 13.4. The summed E-state index contributed by atoms with van der Waals surface area (Å²) >= 11 is 10.7. The molecule has 2 heterocycles. The summed E-state index contributed by atoms with van der Waals surface area (Å²) in [5, 5.41) is 14.0. The summed E-state index contributed by atoms with van der Waals surface area (Å²) in [5.74, 6) is -0.415. The SMILES string of the molecule is CC[C@H](CC(=O)N(C)c1cc(C/C(C)=C/C=C/[C@@H](OC)[C@@]2(O)C[C@@H](C[C@H]3CO3)OC(=O)N2)cc(OC)c1Cl)OC(=O)[C@@H](C)N(C)C(=O)CCS. The van der Waals surface area contributed by atoms with Gasteiger partial charge in [-0.3, -0.25) is 14.9 Å². The highest BCUT2D eigenvalue weighted by Crippen LogP contribution is 2.37. The molecule has 2 fully saturated rings. The van der Waals surface area contributed by atoms with Crippen molar-refractivity contribution in [1.82, 2.24) is 10.2 Å². The molecule has 13 nitrogen and oxygen atoms in total. The Morgan fingerprint density at radius 3 is 2.52 bits per heavy atom. The second-order valence-corrected chi connectivity index (χ2v) is 13.4. The number of nitrogens with zero attached hydrogens (tertiary/aromatic N) is 2. The van der Waals surface area contributed by atoms with Gasteiger partial charge in [-0.15, -0.1) is 0 Å². The summed E-state index contributed by atoms with van der Waals surface area (Å²) in [6.45, 7) is 5.92. The maximum absolute atomic E-state index is 13.4. The molecule has 278 valence electrons. The Hall–Kier alpha value is -3.30. The number of carbonyl (C=O) groups is 4. The number of aliphatic hydroxyl groups is 1. The molecule has 2 N–H and O–H groups in total. The molecule has 2 saturated heterocycles. The Morgan fingerprint density at radius 1 is 1.22 bits per heavy atom. The van der Waals surface area contributed by atoms with E-state index in [9.17, 15) is 24.3 Å². The van der Waals surface area contributed by atoms with Crippen LogP contribution in [0.25, 0.3) is 0 Å². The summed E-state index contributed by atoms with van der Waals surface area (Å²) < 4.78 is 27.2. The number of hydrogen-bond donors (Lipinski definition) is 3. The van der Waals surface area contributed by atoms with Gasteiger partial charge in [0.2, 0.25) is 11.8 Å². The molecular weight excluding hydrogens is 690 g/mol. The molecule has 0 unspecified atom stereocenters. The van der Waals surface area contributed by atoms with Crippen molar-refractivity contribution >= 4 is 53.8 Å². The largest absolute Gasteiger partial charge is 0.495 e. The van der Waals surface area contributed by atoms with Gasteiger partial charge in [0.1, 0.15) is 35.1 Å². The highest BCUT2D eigenvalue weighted by molar-refractivity contribution is 7.80. The van der Waals surface area contributed by atoms with E-state index in [1.165, 1.54) is 31.1 Å². The van der Waals surface area contributed by atoms with Crippen LogP contribution in [0.5, 0.6) is 5.75 Å². The van der Waals surface area contributed by atoms with E-state index in [-0.39, 0.29) is 42.2 Å². The number of alkyl carbamates (subject to hydrolysis) is 1. The molecule has 3 amide bonds. The molecule has 1 aromatic carbocycles. The lowest BCUT2D eigenvalue weighted by Crippen LogP contribution is -2.62. The molecule has 0 aromatic heterocycles. The number of nitrogens with one attached hydrogen (secondary N) is 1. The van der Waals surface area contributed by atoms with Crippen LogP contribution in [0.15, 0.2) is 35.9 Å². The van der Waals surface area contributed by atoms with Gasteiger partial charge in [0.05, 0.1) is 31.9 Å². The number of allylic oxidation sites excluding steroid dienone is 3. The minimum atomic E-state index is -1.66. The van der Waals surface area contributed by atoms with Crippen LogP contribution >= 0.6 is 24.2 Å². The summed E-state index contributed by atoms with van der Waals surface area (Å²) in [6.07, 6.45) is 4.11. The number of hydrogen-bond acceptors (Lipinski definition) is 11. The lowest BCUT2D eigenvalue weighted by atomic mass is 9.94. The molecule has 2 aliphatic heterocycles. The predicted molar refractivity (Wildman–Crippen MR) is 192 cm³/mol. The number of benzene rings is 1. The number of carbonyl (C=O) groups excluding carboxylic acids is 4. The normalized spacial score (nSPS) is 22.2. The van der Waals surface area contributed by atoms with E-state index >= 15 is 0 Å². The fourth-order valence-corrected chi connectivity index (χ4v) is 6.03. The zero-order chi connectivity index (χ0) is 37.2. The van der Waals surface area contributed by atoms with Crippen molar-refractivity contribution in [2.75, 3.05) is 45.6 Å². The first kappa shape index (κ1) is 41.1. The van der Waals surface area contributed by atoms with E-state index in [0.29, 0.717) is 43.1 Å². The number of ether oxygens (including phenoxy) is 5. The molecule has 2 aliphatic rings. The van der Waals surface area contributed by atoms with Gasteiger partial charge >= 0.3 is 12.1 Å². The maximum Gasteiger partial charge on any atom is 0.409 e. The third kappa shape index (κ3) is 11.4. The Bertz CT molecular complexity index is 1440. The first-order valence-electron chi connectivity index (χ1n) is 16.6. The average Bonchev–Trinajstić information content (AvgIpc) is 3.89. The molecule has 3 rings (SSSR count). The van der Waals surface area contributed by atoms with Gasteiger partial charge in [0, 0.05) is 40.5 Å². The fourth-order valence-electron chi connectivity index (χ4n) is 5.53. The summed E-state index contributed by atoms with van der Waals surface area (Å²) in [4.78, 5) is 53.3. The molecule has 15 heteroatoms. The minimum Gasteiger partial charge on any atom is -0.495 e. The van der Waals surface area contributed by atoms with Gasteiger partial charge in [-0.2, -0.15) is 12.6 Å². The van der Waals surface area contributed by atoms with Crippen LogP contribution in [0.1, 0.15) is 58.4 Å². The lowest BCUT2D eigenvalue weighted by molar-refractivity contribution is -0.158. The second-order valence-electron chi connectivity index (χ2n) is 12.6. The van der Waals surface area contributed by atoms with E-state index in [4.69, 9.17) is 35.3 Å². The third-order valence-electron chi connectivity index (χ3n) is 8.75. The van der Waals surface area contributed by atoms with Gasteiger partial charge in [0.25, 0.3) is 0 Å². The molecule has 50 heavy (non-hydrogen) atoms. The van der Waals surface area contributed by atoms with Crippen LogP contribution in [-0.2, 0) is 39.8 Å². The molecule has 0 radical (unpaired) electrons. The van der Waals surface area contributed by atoms with Crippen LogP contribution in [0.4, 0.5) is 10.5 Å². The highest BCUT2D eigenvalue weighted by atomic mass is 35.5. The third-order valence-corrected chi connectivity index (χ3v) is 9.35. The van der Waals surface area contributed by atoms with Crippen LogP contribution in [-0.4, -0.2) is 111 Å². The Labute approximate surface area is 304 Å².